The summed E-state index contributed by atoms with van der Waals surface area (Å²) < 4.78 is 0. The molecule has 0 aromatic heterocycles. The topological polar surface area (TPSA) is 49.4 Å². The van der Waals surface area contributed by atoms with Crippen LogP contribution in [-0.2, 0) is 9.59 Å². The maximum Gasteiger partial charge on any atom is 0.246 e. The molecule has 25 heavy (non-hydrogen) atoms. The van der Waals surface area contributed by atoms with Gasteiger partial charge in [0, 0.05) is 31.3 Å². The van der Waals surface area contributed by atoms with E-state index in [0.29, 0.717) is 17.9 Å². The van der Waals surface area contributed by atoms with Gasteiger partial charge in [0.25, 0.3) is 0 Å². The van der Waals surface area contributed by atoms with Gasteiger partial charge in [-0.3, -0.25) is 9.59 Å². The maximum atomic E-state index is 12.7. The number of nitrogens with zero attached hydrogens (tertiary/aromatic N) is 1. The lowest BCUT2D eigenvalue weighted by Gasteiger charge is -2.32. The number of carbonyl (C=O) groups excluding carboxylic acids is 2. The lowest BCUT2D eigenvalue weighted by Crippen LogP contribution is -2.42. The van der Waals surface area contributed by atoms with Crippen LogP contribution in [0.4, 0.5) is 5.69 Å². The molecule has 136 valence electrons. The molecule has 1 aromatic carbocycles. The summed E-state index contributed by atoms with van der Waals surface area (Å²) in [5.41, 5.74) is 1.71. The van der Waals surface area contributed by atoms with Crippen molar-refractivity contribution in [2.45, 2.75) is 53.0 Å². The number of amides is 2. The van der Waals surface area contributed by atoms with E-state index >= 15 is 0 Å². The molecular formula is C21H30N2O2. The van der Waals surface area contributed by atoms with Crippen molar-refractivity contribution in [1.82, 2.24) is 4.90 Å². The van der Waals surface area contributed by atoms with E-state index in [9.17, 15) is 9.59 Å². The number of hydrogen-bond acceptors (Lipinski definition) is 2. The van der Waals surface area contributed by atoms with E-state index < -0.39 is 0 Å². The van der Waals surface area contributed by atoms with Gasteiger partial charge in [0.1, 0.15) is 0 Å². The Morgan fingerprint density at radius 3 is 2.44 bits per heavy atom. The summed E-state index contributed by atoms with van der Waals surface area (Å²) in [5.74, 6) is 1.16. The summed E-state index contributed by atoms with van der Waals surface area (Å²) in [6, 6.07) is 7.81. The van der Waals surface area contributed by atoms with E-state index in [0.717, 1.165) is 30.6 Å². The molecule has 1 aliphatic rings. The number of benzene rings is 1. The van der Waals surface area contributed by atoms with Crippen LogP contribution in [0.5, 0.6) is 0 Å². The van der Waals surface area contributed by atoms with Gasteiger partial charge in [-0.2, -0.15) is 0 Å². The second-order valence-corrected chi connectivity index (χ2v) is 7.45. The smallest absolute Gasteiger partial charge is 0.246 e. The monoisotopic (exact) mass is 342 g/mol. The lowest BCUT2D eigenvalue weighted by atomic mass is 9.95. The Kier molecular flexibility index (Phi) is 6.80. The number of likely N-dealkylation sites (tertiary alicyclic amines) is 1. The molecule has 1 saturated heterocycles. The van der Waals surface area contributed by atoms with Crippen molar-refractivity contribution in [3.05, 3.63) is 35.9 Å². The fourth-order valence-electron chi connectivity index (χ4n) is 3.39. The zero-order chi connectivity index (χ0) is 18.4. The molecule has 1 aliphatic heterocycles. The van der Waals surface area contributed by atoms with Gasteiger partial charge in [0.2, 0.25) is 11.8 Å². The molecule has 4 heteroatoms. The molecule has 1 fully saturated rings. The average Bonchev–Trinajstić information content (AvgIpc) is 2.75. The summed E-state index contributed by atoms with van der Waals surface area (Å²) in [6.45, 7) is 9.00. The number of anilines is 1. The van der Waals surface area contributed by atoms with Gasteiger partial charge < -0.3 is 10.2 Å². The van der Waals surface area contributed by atoms with Crippen molar-refractivity contribution in [3.63, 3.8) is 0 Å². The largest absolute Gasteiger partial charge is 0.336 e. The third-order valence-corrected chi connectivity index (χ3v) is 4.92. The molecule has 1 heterocycles. The first kappa shape index (κ1) is 19.2. The van der Waals surface area contributed by atoms with Crippen molar-refractivity contribution < 1.29 is 9.59 Å². The Morgan fingerprint density at radius 1 is 1.16 bits per heavy atom. The first-order valence-corrected chi connectivity index (χ1v) is 9.23. The average molecular weight is 342 g/mol. The van der Waals surface area contributed by atoms with Crippen molar-refractivity contribution in [2.24, 2.45) is 11.8 Å². The normalized spacial score (nSPS) is 21.4. The van der Waals surface area contributed by atoms with Crippen LogP contribution < -0.4 is 5.32 Å². The first-order chi connectivity index (χ1) is 11.9. The van der Waals surface area contributed by atoms with Gasteiger partial charge in [-0.1, -0.05) is 32.9 Å². The number of rotatable bonds is 4. The van der Waals surface area contributed by atoms with E-state index in [4.69, 9.17) is 0 Å². The Balaban J connectivity index is 2.05. The molecule has 1 aromatic rings. The minimum absolute atomic E-state index is 0.0893. The van der Waals surface area contributed by atoms with Gasteiger partial charge >= 0.3 is 0 Å². The predicted octanol–water partition coefficient (Wildman–Crippen LogP) is 4.33. The summed E-state index contributed by atoms with van der Waals surface area (Å²) >= 11 is 0. The quantitative estimate of drug-likeness (QED) is 0.828. The van der Waals surface area contributed by atoms with Crippen molar-refractivity contribution in [3.8, 4) is 0 Å². The fourth-order valence-corrected chi connectivity index (χ4v) is 3.39. The van der Waals surface area contributed by atoms with Crippen LogP contribution in [0.25, 0.3) is 6.08 Å². The highest BCUT2D eigenvalue weighted by Gasteiger charge is 2.28. The lowest BCUT2D eigenvalue weighted by molar-refractivity contribution is -0.129. The van der Waals surface area contributed by atoms with Crippen LogP contribution in [0, 0.1) is 11.8 Å². The number of nitrogens with one attached hydrogen (secondary N) is 1. The first-order valence-electron chi connectivity index (χ1n) is 9.23. The highest BCUT2D eigenvalue weighted by molar-refractivity contribution is 5.92. The summed E-state index contributed by atoms with van der Waals surface area (Å²) in [6.07, 6.45) is 6.89. The second-order valence-electron chi connectivity index (χ2n) is 7.45. The Labute approximate surface area is 151 Å². The highest BCUT2D eigenvalue weighted by atomic mass is 16.2. The van der Waals surface area contributed by atoms with Crippen LogP contribution in [0.1, 0.15) is 52.5 Å². The molecule has 2 amide bonds. The SMILES string of the molecule is CC(=O)Nc1ccc(/C=C/C(=O)N2CCC(C)CCC2C(C)C)cc1. The van der Waals surface area contributed by atoms with Gasteiger partial charge in [-0.15, -0.1) is 0 Å². The minimum Gasteiger partial charge on any atom is -0.336 e. The summed E-state index contributed by atoms with van der Waals surface area (Å²) in [7, 11) is 0. The molecule has 1 N–H and O–H groups in total. The molecule has 0 saturated carbocycles. The third-order valence-electron chi connectivity index (χ3n) is 4.92. The third kappa shape index (κ3) is 5.73. The second kappa shape index (κ2) is 8.84. The van der Waals surface area contributed by atoms with Crippen LogP contribution >= 0.6 is 0 Å². The predicted molar refractivity (Wildman–Crippen MR) is 103 cm³/mol. The minimum atomic E-state index is -0.0893. The molecule has 4 nitrogen and oxygen atoms in total. The Morgan fingerprint density at radius 2 is 1.84 bits per heavy atom. The van der Waals surface area contributed by atoms with Crippen LogP contribution in [0.3, 0.4) is 0 Å². The van der Waals surface area contributed by atoms with Crippen LogP contribution in [-0.4, -0.2) is 29.3 Å². The van der Waals surface area contributed by atoms with Gasteiger partial charge in [-0.05, 0) is 54.9 Å². The van der Waals surface area contributed by atoms with E-state index in [2.05, 4.69) is 31.0 Å². The summed E-state index contributed by atoms with van der Waals surface area (Å²) in [4.78, 5) is 25.8. The molecule has 2 rings (SSSR count). The number of carbonyl (C=O) groups is 2. The van der Waals surface area contributed by atoms with E-state index in [-0.39, 0.29) is 11.8 Å². The zero-order valence-electron chi connectivity index (χ0n) is 15.8. The van der Waals surface area contributed by atoms with Gasteiger partial charge in [0.05, 0.1) is 0 Å². The highest BCUT2D eigenvalue weighted by Crippen LogP contribution is 2.26. The number of hydrogen-bond donors (Lipinski definition) is 1. The standard InChI is InChI=1S/C21H30N2O2/c1-15(2)20-11-5-16(3)13-14-23(20)21(25)12-8-18-6-9-19(10-7-18)22-17(4)24/h6-10,12,15-16,20H,5,11,13-14H2,1-4H3,(H,22,24)/b12-8+. The van der Waals surface area contributed by atoms with E-state index in [1.54, 1.807) is 6.08 Å². The molecule has 0 bridgehead atoms. The van der Waals surface area contributed by atoms with Crippen molar-refractivity contribution >= 4 is 23.6 Å². The molecule has 0 radical (unpaired) electrons. The maximum absolute atomic E-state index is 12.7. The molecular weight excluding hydrogens is 312 g/mol. The Hall–Kier alpha value is -2.10. The molecule has 2 atom stereocenters. The fraction of sp³-hybridized carbons (Fsp3) is 0.524. The van der Waals surface area contributed by atoms with Crippen molar-refractivity contribution in [2.75, 3.05) is 11.9 Å². The Bertz CT molecular complexity index is 619. The molecule has 0 spiro atoms. The van der Waals surface area contributed by atoms with Gasteiger partial charge in [-0.25, -0.2) is 0 Å². The van der Waals surface area contributed by atoms with E-state index in [1.807, 2.05) is 30.3 Å². The van der Waals surface area contributed by atoms with Crippen LogP contribution in [0.2, 0.25) is 0 Å². The molecule has 2 unspecified atom stereocenters. The summed E-state index contributed by atoms with van der Waals surface area (Å²) in [5, 5.41) is 2.74. The van der Waals surface area contributed by atoms with Gasteiger partial charge in [0.15, 0.2) is 0 Å². The van der Waals surface area contributed by atoms with E-state index in [1.165, 1.54) is 13.3 Å². The van der Waals surface area contributed by atoms with Crippen molar-refractivity contribution in [1.29, 1.82) is 0 Å². The molecule has 0 aliphatic carbocycles. The van der Waals surface area contributed by atoms with Crippen LogP contribution in [0.15, 0.2) is 30.3 Å². The zero-order valence-corrected chi connectivity index (χ0v) is 15.8.